The van der Waals surface area contributed by atoms with Crippen LogP contribution in [0.4, 0.5) is 5.69 Å². The van der Waals surface area contributed by atoms with E-state index in [-0.39, 0.29) is 0 Å². The highest BCUT2D eigenvalue weighted by Crippen LogP contribution is 2.20. The maximum Gasteiger partial charge on any atom is 0.0930 e. The molecule has 0 saturated heterocycles. The van der Waals surface area contributed by atoms with Crippen LogP contribution in [0, 0.1) is 25.2 Å². The number of hydrogen-bond donors (Lipinski definition) is 1. The molecule has 2 nitrogen and oxygen atoms in total. The van der Waals surface area contributed by atoms with Gasteiger partial charge >= 0.3 is 0 Å². The predicted molar refractivity (Wildman–Crippen MR) is 58.9 cm³/mol. The molecule has 0 aromatic heterocycles. The fraction of sp³-hybridized carbons (Fsp3) is 0.250. The molecule has 72 valence electrons. The monoisotopic (exact) mass is 186 g/mol. The van der Waals surface area contributed by atoms with Gasteiger partial charge in [-0.15, -0.1) is 0 Å². The quantitative estimate of drug-likeness (QED) is 0.720. The van der Waals surface area contributed by atoms with Crippen molar-refractivity contribution in [2.45, 2.75) is 20.8 Å². The summed E-state index contributed by atoms with van der Waals surface area (Å²) in [4.78, 5) is 0. The SMILES string of the molecule is C/C(=C\C#N)Nc1c(C)cccc1C. The molecule has 1 aromatic rings. The summed E-state index contributed by atoms with van der Waals surface area (Å²) in [5, 5.41) is 11.7. The van der Waals surface area contributed by atoms with Crippen LogP contribution in [0.5, 0.6) is 0 Å². The van der Waals surface area contributed by atoms with Crippen LogP contribution < -0.4 is 5.32 Å². The number of para-hydroxylation sites is 1. The highest BCUT2D eigenvalue weighted by molar-refractivity contribution is 5.59. The number of anilines is 1. The third-order valence-electron chi connectivity index (χ3n) is 2.08. The fourth-order valence-corrected chi connectivity index (χ4v) is 1.34. The van der Waals surface area contributed by atoms with E-state index in [4.69, 9.17) is 5.26 Å². The van der Waals surface area contributed by atoms with E-state index in [1.165, 1.54) is 17.2 Å². The Morgan fingerprint density at radius 3 is 2.43 bits per heavy atom. The average molecular weight is 186 g/mol. The lowest BCUT2D eigenvalue weighted by Gasteiger charge is -2.11. The first-order valence-corrected chi connectivity index (χ1v) is 4.54. The lowest BCUT2D eigenvalue weighted by molar-refractivity contribution is 1.30. The van der Waals surface area contributed by atoms with Crippen molar-refractivity contribution in [1.29, 1.82) is 5.26 Å². The van der Waals surface area contributed by atoms with E-state index in [0.717, 1.165) is 11.4 Å². The van der Waals surface area contributed by atoms with E-state index in [9.17, 15) is 0 Å². The van der Waals surface area contributed by atoms with Gasteiger partial charge in [0, 0.05) is 17.5 Å². The van der Waals surface area contributed by atoms with Crippen LogP contribution in [0.15, 0.2) is 30.0 Å². The van der Waals surface area contributed by atoms with Gasteiger partial charge in [-0.1, -0.05) is 18.2 Å². The number of hydrogen-bond acceptors (Lipinski definition) is 2. The normalized spacial score (nSPS) is 10.9. The Hall–Kier alpha value is -1.75. The molecule has 1 aromatic carbocycles. The lowest BCUT2D eigenvalue weighted by atomic mass is 10.1. The first-order chi connectivity index (χ1) is 6.65. The van der Waals surface area contributed by atoms with Gasteiger partial charge in [-0.25, -0.2) is 0 Å². The van der Waals surface area contributed by atoms with Crippen molar-refractivity contribution in [2.24, 2.45) is 0 Å². The number of nitriles is 1. The van der Waals surface area contributed by atoms with Gasteiger partial charge in [0.1, 0.15) is 0 Å². The van der Waals surface area contributed by atoms with E-state index in [1.807, 2.05) is 19.1 Å². The Balaban J connectivity index is 2.98. The van der Waals surface area contributed by atoms with Crippen molar-refractivity contribution < 1.29 is 0 Å². The molecule has 0 saturated carbocycles. The minimum atomic E-state index is 0.866. The van der Waals surface area contributed by atoms with Crippen LogP contribution in [0.25, 0.3) is 0 Å². The Kier molecular flexibility index (Phi) is 3.30. The second kappa shape index (κ2) is 4.48. The van der Waals surface area contributed by atoms with Gasteiger partial charge in [0.25, 0.3) is 0 Å². The maximum atomic E-state index is 8.49. The number of benzene rings is 1. The van der Waals surface area contributed by atoms with Crippen LogP contribution >= 0.6 is 0 Å². The van der Waals surface area contributed by atoms with Gasteiger partial charge in [0.2, 0.25) is 0 Å². The molecule has 0 aliphatic rings. The molecular weight excluding hydrogens is 172 g/mol. The van der Waals surface area contributed by atoms with Gasteiger partial charge in [0.05, 0.1) is 6.07 Å². The number of nitrogens with zero attached hydrogens (tertiary/aromatic N) is 1. The number of aryl methyl sites for hydroxylation is 2. The molecule has 1 rings (SSSR count). The summed E-state index contributed by atoms with van der Waals surface area (Å²) in [6.45, 7) is 5.99. The Labute approximate surface area is 84.9 Å². The predicted octanol–water partition coefficient (Wildman–Crippen LogP) is 3.14. The molecule has 0 amide bonds. The lowest BCUT2D eigenvalue weighted by Crippen LogP contribution is -1.99. The molecule has 0 radical (unpaired) electrons. The molecule has 0 heterocycles. The number of rotatable bonds is 2. The third kappa shape index (κ3) is 2.37. The summed E-state index contributed by atoms with van der Waals surface area (Å²) in [6, 6.07) is 8.13. The van der Waals surface area contributed by atoms with Gasteiger partial charge in [-0.05, 0) is 31.9 Å². The smallest absolute Gasteiger partial charge is 0.0930 e. The van der Waals surface area contributed by atoms with Gasteiger partial charge in [-0.3, -0.25) is 0 Å². The standard InChI is InChI=1S/C12H14N2/c1-9-5-4-6-10(2)12(9)14-11(3)7-8-13/h4-7,14H,1-3H3/b11-7+. The Bertz CT molecular complexity index is 377. The zero-order valence-electron chi connectivity index (χ0n) is 8.76. The third-order valence-corrected chi connectivity index (χ3v) is 2.08. The second-order valence-electron chi connectivity index (χ2n) is 3.35. The number of allylic oxidation sites excluding steroid dienone is 2. The summed E-state index contributed by atoms with van der Waals surface area (Å²) < 4.78 is 0. The Morgan fingerprint density at radius 1 is 1.36 bits per heavy atom. The Morgan fingerprint density at radius 2 is 1.93 bits per heavy atom. The molecule has 0 aliphatic heterocycles. The molecular formula is C12H14N2. The van der Waals surface area contributed by atoms with E-state index in [1.54, 1.807) is 0 Å². The summed E-state index contributed by atoms with van der Waals surface area (Å²) in [7, 11) is 0. The van der Waals surface area contributed by atoms with Crippen LogP contribution in [0.2, 0.25) is 0 Å². The van der Waals surface area contributed by atoms with Gasteiger partial charge in [-0.2, -0.15) is 5.26 Å². The molecule has 0 atom stereocenters. The van der Waals surface area contributed by atoms with Crippen LogP contribution in [-0.4, -0.2) is 0 Å². The van der Waals surface area contributed by atoms with Crippen LogP contribution in [0.3, 0.4) is 0 Å². The topological polar surface area (TPSA) is 35.8 Å². The summed E-state index contributed by atoms with van der Waals surface area (Å²) in [5.41, 5.74) is 4.34. The largest absolute Gasteiger partial charge is 0.358 e. The first-order valence-electron chi connectivity index (χ1n) is 4.54. The highest BCUT2D eigenvalue weighted by Gasteiger charge is 2.00. The van der Waals surface area contributed by atoms with E-state index >= 15 is 0 Å². The van der Waals surface area contributed by atoms with E-state index in [0.29, 0.717) is 0 Å². The molecule has 0 bridgehead atoms. The zero-order valence-corrected chi connectivity index (χ0v) is 8.76. The minimum absolute atomic E-state index is 0.866. The summed E-state index contributed by atoms with van der Waals surface area (Å²) in [5.74, 6) is 0. The highest BCUT2D eigenvalue weighted by atomic mass is 14.9. The van der Waals surface area contributed by atoms with Crippen molar-refractivity contribution in [1.82, 2.24) is 0 Å². The average Bonchev–Trinajstić information content (AvgIpc) is 2.12. The van der Waals surface area contributed by atoms with Crippen LogP contribution in [-0.2, 0) is 0 Å². The van der Waals surface area contributed by atoms with Crippen molar-refractivity contribution in [3.8, 4) is 6.07 Å². The van der Waals surface area contributed by atoms with Crippen molar-refractivity contribution in [2.75, 3.05) is 5.32 Å². The molecule has 2 heteroatoms. The van der Waals surface area contributed by atoms with Crippen LogP contribution in [0.1, 0.15) is 18.1 Å². The van der Waals surface area contributed by atoms with E-state index < -0.39 is 0 Å². The minimum Gasteiger partial charge on any atom is -0.358 e. The maximum absolute atomic E-state index is 8.49. The molecule has 1 N–H and O–H groups in total. The molecule has 14 heavy (non-hydrogen) atoms. The molecule has 0 aliphatic carbocycles. The van der Waals surface area contributed by atoms with Crippen molar-refractivity contribution >= 4 is 5.69 Å². The van der Waals surface area contributed by atoms with E-state index in [2.05, 4.69) is 31.3 Å². The van der Waals surface area contributed by atoms with Gasteiger partial charge < -0.3 is 5.32 Å². The molecule has 0 fully saturated rings. The van der Waals surface area contributed by atoms with Crippen molar-refractivity contribution in [3.05, 3.63) is 41.1 Å². The fourth-order valence-electron chi connectivity index (χ4n) is 1.34. The molecule has 0 unspecified atom stereocenters. The van der Waals surface area contributed by atoms with Gasteiger partial charge in [0.15, 0.2) is 0 Å². The number of nitrogens with one attached hydrogen (secondary N) is 1. The second-order valence-corrected chi connectivity index (χ2v) is 3.35. The first kappa shape index (κ1) is 10.3. The van der Waals surface area contributed by atoms with Crippen molar-refractivity contribution in [3.63, 3.8) is 0 Å². The zero-order chi connectivity index (χ0) is 10.6. The summed E-state index contributed by atoms with van der Waals surface area (Å²) in [6.07, 6.45) is 1.51. The summed E-state index contributed by atoms with van der Waals surface area (Å²) >= 11 is 0. The molecule has 0 spiro atoms.